The fraction of sp³-hybridized carbons (Fsp3) is 0.846. The van der Waals surface area contributed by atoms with Crippen molar-refractivity contribution in [2.24, 2.45) is 10.4 Å². The lowest BCUT2D eigenvalue weighted by atomic mass is 9.84. The average molecular weight is 271 g/mol. The first kappa shape index (κ1) is 15.3. The van der Waals surface area contributed by atoms with Crippen LogP contribution in [0.1, 0.15) is 40.0 Å². The van der Waals surface area contributed by atoms with Crippen LogP contribution in [0.25, 0.3) is 0 Å². The van der Waals surface area contributed by atoms with E-state index in [2.05, 4.69) is 29.5 Å². The lowest BCUT2D eigenvalue weighted by molar-refractivity contribution is -0.120. The van der Waals surface area contributed by atoms with Gasteiger partial charge in [0, 0.05) is 31.8 Å². The summed E-state index contributed by atoms with van der Waals surface area (Å²) >= 11 is 1.79. The van der Waals surface area contributed by atoms with Gasteiger partial charge in [0.15, 0.2) is 5.17 Å². The number of nitrogens with zero attached hydrogens (tertiary/aromatic N) is 1. The van der Waals surface area contributed by atoms with E-state index in [9.17, 15) is 4.79 Å². The highest BCUT2D eigenvalue weighted by molar-refractivity contribution is 8.13. The molecular formula is C13H25N3OS. The van der Waals surface area contributed by atoms with Crippen LogP contribution in [0.2, 0.25) is 0 Å². The monoisotopic (exact) mass is 271 g/mol. The molecule has 0 aromatic rings. The first-order valence-electron chi connectivity index (χ1n) is 6.83. The summed E-state index contributed by atoms with van der Waals surface area (Å²) in [7, 11) is 0. The summed E-state index contributed by atoms with van der Waals surface area (Å²) in [5, 5.41) is 7.04. The van der Waals surface area contributed by atoms with Crippen LogP contribution in [0.5, 0.6) is 0 Å². The number of thioether (sulfide) groups is 1. The molecule has 0 unspecified atom stereocenters. The third-order valence-electron chi connectivity index (χ3n) is 3.58. The van der Waals surface area contributed by atoms with E-state index in [4.69, 9.17) is 0 Å². The molecule has 104 valence electrons. The summed E-state index contributed by atoms with van der Waals surface area (Å²) in [6.07, 6.45) is 2.89. The first-order valence-corrected chi connectivity index (χ1v) is 7.82. The van der Waals surface area contributed by atoms with Gasteiger partial charge in [-0.25, -0.2) is 0 Å². The minimum Gasteiger partial charge on any atom is -0.364 e. The summed E-state index contributed by atoms with van der Waals surface area (Å²) in [4.78, 5) is 15.9. The highest BCUT2D eigenvalue weighted by atomic mass is 32.2. The Morgan fingerprint density at radius 3 is 2.61 bits per heavy atom. The van der Waals surface area contributed by atoms with Crippen LogP contribution in [0.15, 0.2) is 4.99 Å². The molecule has 18 heavy (non-hydrogen) atoms. The molecule has 1 aliphatic heterocycles. The summed E-state index contributed by atoms with van der Waals surface area (Å²) in [5.41, 5.74) is 0.384. The van der Waals surface area contributed by atoms with Gasteiger partial charge in [0.1, 0.15) is 0 Å². The van der Waals surface area contributed by atoms with E-state index in [0.717, 1.165) is 17.5 Å². The molecular weight excluding hydrogens is 246 g/mol. The minimum absolute atomic E-state index is 0.0999. The van der Waals surface area contributed by atoms with Crippen molar-refractivity contribution in [3.05, 3.63) is 0 Å². The molecule has 1 amide bonds. The average Bonchev–Trinajstić information content (AvgIpc) is 2.40. The standard InChI is InChI=1S/C13H25N3OS/c1-4-13(5-2)9-16-12(18-10-13)15-8-7-11(17)14-6-3/h4-10H2,1-3H3,(H,14,17)(H,15,16). The summed E-state index contributed by atoms with van der Waals surface area (Å²) in [6.45, 7) is 8.70. The number of amidine groups is 1. The van der Waals surface area contributed by atoms with Gasteiger partial charge in [0.25, 0.3) is 0 Å². The zero-order valence-corrected chi connectivity index (χ0v) is 12.5. The Morgan fingerprint density at radius 1 is 1.39 bits per heavy atom. The van der Waals surface area contributed by atoms with Gasteiger partial charge in [0.2, 0.25) is 5.91 Å². The molecule has 0 fully saturated rings. The highest BCUT2D eigenvalue weighted by Gasteiger charge is 2.29. The van der Waals surface area contributed by atoms with Gasteiger partial charge in [-0.2, -0.15) is 0 Å². The van der Waals surface area contributed by atoms with Crippen molar-refractivity contribution in [3.63, 3.8) is 0 Å². The second-order valence-corrected chi connectivity index (χ2v) is 5.71. The minimum atomic E-state index is 0.0999. The molecule has 0 aliphatic carbocycles. The first-order chi connectivity index (χ1) is 8.65. The largest absolute Gasteiger partial charge is 0.364 e. The summed E-state index contributed by atoms with van der Waals surface area (Å²) in [6, 6.07) is 0. The number of amides is 1. The van der Waals surface area contributed by atoms with E-state index in [1.54, 1.807) is 11.8 Å². The Bertz CT molecular complexity index is 301. The number of carbonyl (C=O) groups is 1. The number of aliphatic imine (C=N–C) groups is 1. The second kappa shape index (κ2) is 7.67. The van der Waals surface area contributed by atoms with Crippen LogP contribution in [-0.2, 0) is 4.79 Å². The quantitative estimate of drug-likeness (QED) is 0.777. The molecule has 5 heteroatoms. The van der Waals surface area contributed by atoms with Crippen molar-refractivity contribution < 1.29 is 4.79 Å². The molecule has 0 bridgehead atoms. The topological polar surface area (TPSA) is 53.5 Å². The predicted octanol–water partition coefficient (Wildman–Crippen LogP) is 2.01. The van der Waals surface area contributed by atoms with Gasteiger partial charge in [-0.15, -0.1) is 0 Å². The van der Waals surface area contributed by atoms with Crippen LogP contribution in [0, 0.1) is 5.41 Å². The van der Waals surface area contributed by atoms with Crippen molar-refractivity contribution in [2.75, 3.05) is 25.4 Å². The van der Waals surface area contributed by atoms with Gasteiger partial charge in [-0.1, -0.05) is 25.6 Å². The molecule has 1 rings (SSSR count). The lowest BCUT2D eigenvalue weighted by Gasteiger charge is -2.33. The van der Waals surface area contributed by atoms with Crippen LogP contribution in [0.3, 0.4) is 0 Å². The molecule has 0 aromatic heterocycles. The number of hydrogen-bond acceptors (Lipinski definition) is 4. The van der Waals surface area contributed by atoms with Crippen LogP contribution >= 0.6 is 11.8 Å². The smallest absolute Gasteiger partial charge is 0.221 e. The maximum atomic E-state index is 11.3. The van der Waals surface area contributed by atoms with Crippen molar-refractivity contribution >= 4 is 22.8 Å². The maximum Gasteiger partial charge on any atom is 0.221 e. The summed E-state index contributed by atoms with van der Waals surface area (Å²) < 4.78 is 0. The normalized spacial score (nSPS) is 18.1. The molecule has 1 heterocycles. The third kappa shape index (κ3) is 4.52. The third-order valence-corrected chi connectivity index (χ3v) is 4.88. The van der Waals surface area contributed by atoms with Gasteiger partial charge in [-0.3, -0.25) is 9.79 Å². The Morgan fingerprint density at radius 2 is 2.11 bits per heavy atom. The molecule has 0 saturated carbocycles. The van der Waals surface area contributed by atoms with E-state index < -0.39 is 0 Å². The van der Waals surface area contributed by atoms with Gasteiger partial charge < -0.3 is 10.6 Å². The molecule has 0 atom stereocenters. The fourth-order valence-electron chi connectivity index (χ4n) is 1.91. The van der Waals surface area contributed by atoms with Crippen LogP contribution < -0.4 is 10.6 Å². The highest BCUT2D eigenvalue weighted by Crippen LogP contribution is 2.34. The molecule has 4 nitrogen and oxygen atoms in total. The van der Waals surface area contributed by atoms with E-state index in [1.165, 1.54) is 12.8 Å². The second-order valence-electron chi connectivity index (χ2n) is 4.75. The number of rotatable bonds is 6. The van der Waals surface area contributed by atoms with E-state index in [1.807, 2.05) is 6.92 Å². The summed E-state index contributed by atoms with van der Waals surface area (Å²) in [5.74, 6) is 1.23. The Hall–Kier alpha value is -0.710. The molecule has 0 spiro atoms. The van der Waals surface area contributed by atoms with Gasteiger partial charge in [0.05, 0.1) is 0 Å². The maximum absolute atomic E-state index is 11.3. The molecule has 2 N–H and O–H groups in total. The van der Waals surface area contributed by atoms with Crippen molar-refractivity contribution in [1.82, 2.24) is 10.6 Å². The van der Waals surface area contributed by atoms with E-state index in [0.29, 0.717) is 24.9 Å². The van der Waals surface area contributed by atoms with E-state index in [-0.39, 0.29) is 5.91 Å². The van der Waals surface area contributed by atoms with Crippen LogP contribution in [-0.4, -0.2) is 36.5 Å². The Kier molecular flexibility index (Phi) is 6.54. The SMILES string of the molecule is CCNC(=O)CCNC1=NCC(CC)(CC)CS1. The van der Waals surface area contributed by atoms with Crippen molar-refractivity contribution in [2.45, 2.75) is 40.0 Å². The number of nitrogens with one attached hydrogen (secondary N) is 2. The molecule has 0 aromatic carbocycles. The Labute approximate surface area is 114 Å². The Balaban J connectivity index is 2.29. The molecule has 0 saturated heterocycles. The van der Waals surface area contributed by atoms with E-state index >= 15 is 0 Å². The fourth-order valence-corrected chi connectivity index (χ4v) is 3.21. The number of hydrogen-bond donors (Lipinski definition) is 2. The van der Waals surface area contributed by atoms with Crippen LogP contribution in [0.4, 0.5) is 0 Å². The predicted molar refractivity (Wildman–Crippen MR) is 79.1 cm³/mol. The number of carbonyl (C=O) groups excluding carboxylic acids is 1. The van der Waals surface area contributed by atoms with Gasteiger partial charge in [-0.05, 0) is 25.2 Å². The van der Waals surface area contributed by atoms with Gasteiger partial charge >= 0.3 is 0 Å². The zero-order chi connectivity index (χ0) is 13.4. The molecule has 1 aliphatic rings. The van der Waals surface area contributed by atoms with Crippen molar-refractivity contribution in [3.8, 4) is 0 Å². The van der Waals surface area contributed by atoms with Crippen molar-refractivity contribution in [1.29, 1.82) is 0 Å². The zero-order valence-electron chi connectivity index (χ0n) is 11.7. The molecule has 0 radical (unpaired) electrons. The lowest BCUT2D eigenvalue weighted by Crippen LogP contribution is -2.36.